The van der Waals surface area contributed by atoms with Crippen LogP contribution in [0, 0.1) is 0 Å². The van der Waals surface area contributed by atoms with Gasteiger partial charge in [-0.25, -0.2) is 0 Å². The van der Waals surface area contributed by atoms with E-state index in [9.17, 15) is 4.79 Å². The average Bonchev–Trinajstić information content (AvgIpc) is 2.63. The first-order chi connectivity index (χ1) is 11.3. The van der Waals surface area contributed by atoms with Crippen LogP contribution in [0.5, 0.6) is 0 Å². The Balaban J connectivity index is 1.85. The number of carbonyl (C=O) groups excluding carboxylic acids is 1. The third-order valence-electron chi connectivity index (χ3n) is 5.23. The van der Waals surface area contributed by atoms with Crippen molar-refractivity contribution in [1.82, 2.24) is 4.90 Å². The molecule has 1 saturated heterocycles. The van der Waals surface area contributed by atoms with Crippen molar-refractivity contribution in [3.63, 3.8) is 0 Å². The highest BCUT2D eigenvalue weighted by Gasteiger charge is 2.42. The van der Waals surface area contributed by atoms with E-state index in [1.54, 1.807) is 0 Å². The smallest absolute Gasteiger partial charge is 0.320 e. The topological polar surface area (TPSA) is 29.5 Å². The predicted molar refractivity (Wildman–Crippen MR) is 92.3 cm³/mol. The average molecular weight is 313 g/mol. The lowest BCUT2D eigenvalue weighted by atomic mass is 9.72. The van der Waals surface area contributed by atoms with Crippen LogP contribution >= 0.6 is 0 Å². The molecule has 0 spiro atoms. The maximum absolute atomic E-state index is 12.7. The van der Waals surface area contributed by atoms with Crippen LogP contribution < -0.4 is 0 Å². The van der Waals surface area contributed by atoms with Crippen molar-refractivity contribution >= 4 is 5.97 Å². The van der Waals surface area contributed by atoms with Crippen LogP contribution in [0.25, 0.3) is 0 Å². The Morgan fingerprint density at radius 1 is 1.22 bits per heavy atom. The fourth-order valence-corrected chi connectivity index (χ4v) is 3.91. The fourth-order valence-electron chi connectivity index (χ4n) is 3.91. The molecule has 1 heterocycles. The van der Waals surface area contributed by atoms with E-state index in [4.69, 9.17) is 4.74 Å². The molecule has 3 nitrogen and oxygen atoms in total. The Hall–Kier alpha value is -1.61. The monoisotopic (exact) mass is 313 g/mol. The van der Waals surface area contributed by atoms with Crippen LogP contribution in [0.1, 0.15) is 44.6 Å². The Kier molecular flexibility index (Phi) is 5.16. The summed E-state index contributed by atoms with van der Waals surface area (Å²) >= 11 is 0. The van der Waals surface area contributed by atoms with E-state index in [-0.39, 0.29) is 5.97 Å². The number of piperidine rings is 1. The van der Waals surface area contributed by atoms with Crippen LogP contribution in [-0.4, -0.2) is 36.6 Å². The molecule has 1 aliphatic heterocycles. The first-order valence-corrected chi connectivity index (χ1v) is 8.92. The Bertz CT molecular complexity index is 548. The molecule has 0 amide bonds. The second-order valence-corrected chi connectivity index (χ2v) is 6.62. The van der Waals surface area contributed by atoms with E-state index in [0.717, 1.165) is 18.4 Å². The highest BCUT2D eigenvalue weighted by Crippen LogP contribution is 2.38. The van der Waals surface area contributed by atoms with Crippen LogP contribution in [0.2, 0.25) is 0 Å². The molecular weight excluding hydrogens is 286 g/mol. The van der Waals surface area contributed by atoms with E-state index < -0.39 is 5.41 Å². The van der Waals surface area contributed by atoms with E-state index in [1.807, 2.05) is 37.3 Å². The molecule has 0 aromatic heterocycles. The first-order valence-electron chi connectivity index (χ1n) is 8.92. The molecule has 1 aromatic carbocycles. The molecule has 1 aromatic rings. The maximum atomic E-state index is 12.7. The van der Waals surface area contributed by atoms with Gasteiger partial charge in [0.2, 0.25) is 0 Å². The van der Waals surface area contributed by atoms with Gasteiger partial charge in [-0.1, -0.05) is 48.9 Å². The third-order valence-corrected chi connectivity index (χ3v) is 5.23. The summed E-state index contributed by atoms with van der Waals surface area (Å²) in [6.07, 6.45) is 10.2. The molecular formula is C20H27NO2. The van der Waals surface area contributed by atoms with Crippen molar-refractivity contribution in [1.29, 1.82) is 0 Å². The van der Waals surface area contributed by atoms with Crippen molar-refractivity contribution < 1.29 is 9.53 Å². The number of esters is 1. The van der Waals surface area contributed by atoms with Gasteiger partial charge < -0.3 is 4.74 Å². The molecule has 124 valence electrons. The number of benzene rings is 1. The van der Waals surface area contributed by atoms with Gasteiger partial charge in [0, 0.05) is 6.04 Å². The molecule has 0 N–H and O–H groups in total. The zero-order chi connectivity index (χ0) is 16.1. The van der Waals surface area contributed by atoms with Gasteiger partial charge in [0.1, 0.15) is 5.41 Å². The van der Waals surface area contributed by atoms with E-state index in [2.05, 4.69) is 17.1 Å². The van der Waals surface area contributed by atoms with Gasteiger partial charge in [-0.3, -0.25) is 9.69 Å². The molecule has 2 unspecified atom stereocenters. The summed E-state index contributed by atoms with van der Waals surface area (Å²) in [4.78, 5) is 15.3. The standard InChI is InChI=1S/C20H27NO2/c1-2-23-19(22)20(17-9-5-3-6-10-17)13-11-18(12-14-20)21-15-7-4-8-16-21/h3,5-6,9-11,13,18H,2,4,7-8,12,14-16H2,1H3. The highest BCUT2D eigenvalue weighted by atomic mass is 16.5. The Labute approximate surface area is 139 Å². The number of likely N-dealkylation sites (tertiary alicyclic amines) is 1. The number of nitrogens with zero attached hydrogens (tertiary/aromatic N) is 1. The summed E-state index contributed by atoms with van der Waals surface area (Å²) in [5, 5.41) is 0. The number of rotatable bonds is 4. The minimum Gasteiger partial charge on any atom is -0.465 e. The molecule has 1 aliphatic carbocycles. The van der Waals surface area contributed by atoms with Gasteiger partial charge in [-0.2, -0.15) is 0 Å². The number of hydrogen-bond donors (Lipinski definition) is 0. The summed E-state index contributed by atoms with van der Waals surface area (Å²) in [7, 11) is 0. The summed E-state index contributed by atoms with van der Waals surface area (Å²) in [5.41, 5.74) is 0.440. The number of hydrogen-bond acceptors (Lipinski definition) is 3. The summed E-state index contributed by atoms with van der Waals surface area (Å²) in [6.45, 7) is 4.68. The second kappa shape index (κ2) is 7.31. The second-order valence-electron chi connectivity index (χ2n) is 6.62. The summed E-state index contributed by atoms with van der Waals surface area (Å²) < 4.78 is 5.42. The lowest BCUT2D eigenvalue weighted by molar-refractivity contribution is -0.148. The summed E-state index contributed by atoms with van der Waals surface area (Å²) in [6, 6.07) is 10.6. The number of carbonyl (C=O) groups is 1. The zero-order valence-corrected chi connectivity index (χ0v) is 14.0. The van der Waals surface area contributed by atoms with Gasteiger partial charge in [0.25, 0.3) is 0 Å². The first kappa shape index (κ1) is 16.3. The molecule has 2 aliphatic rings. The highest BCUT2D eigenvalue weighted by molar-refractivity contribution is 5.86. The van der Waals surface area contributed by atoms with Crippen LogP contribution in [0.3, 0.4) is 0 Å². The van der Waals surface area contributed by atoms with Crippen LogP contribution in [0.15, 0.2) is 42.5 Å². The van der Waals surface area contributed by atoms with Crippen molar-refractivity contribution in [2.75, 3.05) is 19.7 Å². The molecule has 1 fully saturated rings. The van der Waals surface area contributed by atoms with Crippen molar-refractivity contribution in [3.05, 3.63) is 48.0 Å². The van der Waals surface area contributed by atoms with Crippen molar-refractivity contribution in [2.45, 2.75) is 50.5 Å². The molecule has 23 heavy (non-hydrogen) atoms. The Morgan fingerprint density at radius 2 is 1.96 bits per heavy atom. The fraction of sp³-hybridized carbons (Fsp3) is 0.550. The van der Waals surface area contributed by atoms with E-state index in [0.29, 0.717) is 12.6 Å². The third kappa shape index (κ3) is 3.35. The molecule has 0 saturated carbocycles. The lowest BCUT2D eigenvalue weighted by Gasteiger charge is -2.39. The SMILES string of the molecule is CCOC(=O)C1(c2ccccc2)C=CC(N2CCCCC2)CC1. The predicted octanol–water partition coefficient (Wildman–Crippen LogP) is 3.69. The molecule has 2 atom stereocenters. The van der Waals surface area contributed by atoms with Crippen LogP contribution in [0.4, 0.5) is 0 Å². The summed E-state index contributed by atoms with van der Waals surface area (Å²) in [5.74, 6) is -0.112. The van der Waals surface area contributed by atoms with Gasteiger partial charge in [-0.05, 0) is 51.3 Å². The normalized spacial score (nSPS) is 28.5. The minimum atomic E-state index is -0.608. The largest absolute Gasteiger partial charge is 0.465 e. The van der Waals surface area contributed by atoms with E-state index in [1.165, 1.54) is 32.4 Å². The van der Waals surface area contributed by atoms with Crippen molar-refractivity contribution in [2.24, 2.45) is 0 Å². The van der Waals surface area contributed by atoms with Gasteiger partial charge in [0.05, 0.1) is 6.61 Å². The van der Waals surface area contributed by atoms with Gasteiger partial charge >= 0.3 is 5.97 Å². The molecule has 0 bridgehead atoms. The van der Waals surface area contributed by atoms with Gasteiger partial charge in [0.15, 0.2) is 0 Å². The molecule has 3 heteroatoms. The van der Waals surface area contributed by atoms with Gasteiger partial charge in [-0.15, -0.1) is 0 Å². The molecule has 3 rings (SSSR count). The lowest BCUT2D eigenvalue weighted by Crippen LogP contribution is -2.44. The van der Waals surface area contributed by atoms with Crippen LogP contribution in [-0.2, 0) is 14.9 Å². The van der Waals surface area contributed by atoms with Crippen molar-refractivity contribution in [3.8, 4) is 0 Å². The maximum Gasteiger partial charge on any atom is 0.320 e. The van der Waals surface area contributed by atoms with E-state index >= 15 is 0 Å². The zero-order valence-electron chi connectivity index (χ0n) is 14.0. The quantitative estimate of drug-likeness (QED) is 0.627. The Morgan fingerprint density at radius 3 is 2.57 bits per heavy atom. The number of ether oxygens (including phenoxy) is 1. The minimum absolute atomic E-state index is 0.112. The molecule has 0 radical (unpaired) electrons.